The molecule has 2 rings (SSSR count). The number of carbonyl (C=O) groups excluding carboxylic acids is 1. The molecule has 0 aliphatic carbocycles. The van der Waals surface area contributed by atoms with Gasteiger partial charge in [0.1, 0.15) is 0 Å². The van der Waals surface area contributed by atoms with Gasteiger partial charge in [0.15, 0.2) is 0 Å². The smallest absolute Gasteiger partial charge is 0.324 e. The topological polar surface area (TPSA) is 23.6 Å². The van der Waals surface area contributed by atoms with Crippen molar-refractivity contribution in [2.75, 3.05) is 24.5 Å². The van der Waals surface area contributed by atoms with Gasteiger partial charge in [-0.3, -0.25) is 4.90 Å². The molecular weight excluding hydrogens is 224 g/mol. The molecular formula is C15H22N2O. The second-order valence-electron chi connectivity index (χ2n) is 4.82. The third-order valence-corrected chi connectivity index (χ3v) is 3.41. The normalized spacial score (nSPS) is 14.8. The van der Waals surface area contributed by atoms with Crippen molar-refractivity contribution in [2.24, 2.45) is 0 Å². The Balaban J connectivity index is 2.11. The number of anilines is 1. The van der Waals surface area contributed by atoms with E-state index >= 15 is 0 Å². The Bertz CT molecular complexity index is 371. The van der Waals surface area contributed by atoms with Gasteiger partial charge in [0.25, 0.3) is 0 Å². The van der Waals surface area contributed by atoms with Gasteiger partial charge in [-0.05, 0) is 31.4 Å². The number of carbonyl (C=O) groups is 1. The highest BCUT2D eigenvalue weighted by molar-refractivity contribution is 5.92. The molecule has 1 aromatic carbocycles. The maximum Gasteiger partial charge on any atom is 0.324 e. The average molecular weight is 246 g/mol. The quantitative estimate of drug-likeness (QED) is 0.797. The molecule has 1 heterocycles. The van der Waals surface area contributed by atoms with Crippen LogP contribution in [-0.4, -0.2) is 30.6 Å². The lowest BCUT2D eigenvalue weighted by molar-refractivity contribution is 0.215. The minimum atomic E-state index is 0.173. The molecule has 0 N–H and O–H groups in total. The summed E-state index contributed by atoms with van der Waals surface area (Å²) in [6.45, 7) is 4.79. The largest absolute Gasteiger partial charge is 0.324 e. The highest BCUT2D eigenvalue weighted by Gasteiger charge is 2.24. The highest BCUT2D eigenvalue weighted by atomic mass is 16.2. The number of urea groups is 1. The number of para-hydroxylation sites is 1. The first-order chi connectivity index (χ1) is 8.83. The van der Waals surface area contributed by atoms with Gasteiger partial charge in [-0.2, -0.15) is 0 Å². The van der Waals surface area contributed by atoms with E-state index in [-0.39, 0.29) is 6.03 Å². The molecule has 0 unspecified atom stereocenters. The minimum Gasteiger partial charge on any atom is -0.324 e. The van der Waals surface area contributed by atoms with E-state index in [1.54, 1.807) is 0 Å². The molecule has 0 atom stereocenters. The van der Waals surface area contributed by atoms with Gasteiger partial charge in [-0.1, -0.05) is 31.5 Å². The van der Waals surface area contributed by atoms with Gasteiger partial charge in [-0.15, -0.1) is 0 Å². The van der Waals surface area contributed by atoms with Crippen molar-refractivity contribution in [2.45, 2.75) is 32.6 Å². The number of unbranched alkanes of at least 4 members (excludes halogenated alkanes) is 1. The molecule has 0 bridgehead atoms. The van der Waals surface area contributed by atoms with E-state index in [0.29, 0.717) is 0 Å². The number of benzene rings is 1. The van der Waals surface area contributed by atoms with Crippen molar-refractivity contribution in [3.8, 4) is 0 Å². The third-order valence-electron chi connectivity index (χ3n) is 3.41. The summed E-state index contributed by atoms with van der Waals surface area (Å²) in [5.74, 6) is 0. The van der Waals surface area contributed by atoms with Gasteiger partial charge < -0.3 is 4.90 Å². The van der Waals surface area contributed by atoms with Crippen LogP contribution in [0.3, 0.4) is 0 Å². The zero-order valence-corrected chi connectivity index (χ0v) is 11.1. The van der Waals surface area contributed by atoms with Crippen LogP contribution in [0.1, 0.15) is 32.6 Å². The predicted octanol–water partition coefficient (Wildman–Crippen LogP) is 3.51. The van der Waals surface area contributed by atoms with E-state index in [1.807, 2.05) is 40.1 Å². The highest BCUT2D eigenvalue weighted by Crippen LogP contribution is 2.19. The summed E-state index contributed by atoms with van der Waals surface area (Å²) < 4.78 is 0. The Labute approximate surface area is 109 Å². The summed E-state index contributed by atoms with van der Waals surface area (Å²) in [5.41, 5.74) is 1.02. The Hall–Kier alpha value is -1.51. The first-order valence-corrected chi connectivity index (χ1v) is 6.94. The van der Waals surface area contributed by atoms with Crippen LogP contribution in [0.2, 0.25) is 0 Å². The molecule has 1 aliphatic heterocycles. The lowest BCUT2D eigenvalue weighted by Gasteiger charge is -2.28. The van der Waals surface area contributed by atoms with E-state index < -0.39 is 0 Å². The molecule has 3 heteroatoms. The molecule has 3 nitrogen and oxygen atoms in total. The van der Waals surface area contributed by atoms with Crippen LogP contribution in [0.25, 0.3) is 0 Å². The van der Waals surface area contributed by atoms with Crippen LogP contribution < -0.4 is 4.90 Å². The Morgan fingerprint density at radius 1 is 1.22 bits per heavy atom. The average Bonchev–Trinajstić information content (AvgIpc) is 2.94. The fraction of sp³-hybridized carbons (Fsp3) is 0.533. The van der Waals surface area contributed by atoms with Gasteiger partial charge in [0, 0.05) is 25.3 Å². The summed E-state index contributed by atoms with van der Waals surface area (Å²) in [6, 6.07) is 10.2. The zero-order chi connectivity index (χ0) is 12.8. The fourth-order valence-corrected chi connectivity index (χ4v) is 2.34. The molecule has 1 fully saturated rings. The van der Waals surface area contributed by atoms with Gasteiger partial charge >= 0.3 is 6.03 Å². The molecule has 0 spiro atoms. The van der Waals surface area contributed by atoms with Crippen LogP contribution in [0.5, 0.6) is 0 Å². The summed E-state index contributed by atoms with van der Waals surface area (Å²) in [4.78, 5) is 16.4. The van der Waals surface area contributed by atoms with Crippen LogP contribution in [0, 0.1) is 0 Å². The van der Waals surface area contributed by atoms with E-state index in [2.05, 4.69) is 6.92 Å². The summed E-state index contributed by atoms with van der Waals surface area (Å²) in [5, 5.41) is 0. The molecule has 2 amide bonds. The van der Waals surface area contributed by atoms with Crippen molar-refractivity contribution in [3.63, 3.8) is 0 Å². The molecule has 18 heavy (non-hydrogen) atoms. The lowest BCUT2D eigenvalue weighted by atomic mass is 10.2. The van der Waals surface area contributed by atoms with Gasteiger partial charge in [0.05, 0.1) is 0 Å². The summed E-state index contributed by atoms with van der Waals surface area (Å²) >= 11 is 0. The minimum absolute atomic E-state index is 0.173. The van der Waals surface area contributed by atoms with Crippen LogP contribution in [0.15, 0.2) is 30.3 Å². The maximum atomic E-state index is 12.5. The first kappa shape index (κ1) is 12.9. The molecule has 1 aromatic rings. The second kappa shape index (κ2) is 6.43. The van der Waals surface area contributed by atoms with Crippen LogP contribution >= 0.6 is 0 Å². The molecule has 0 aromatic heterocycles. The van der Waals surface area contributed by atoms with Crippen LogP contribution in [-0.2, 0) is 0 Å². The van der Waals surface area contributed by atoms with E-state index in [0.717, 1.165) is 51.0 Å². The van der Waals surface area contributed by atoms with Crippen molar-refractivity contribution < 1.29 is 4.79 Å². The third kappa shape index (κ3) is 3.03. The number of rotatable bonds is 4. The van der Waals surface area contributed by atoms with Crippen LogP contribution in [0.4, 0.5) is 10.5 Å². The Morgan fingerprint density at radius 3 is 2.50 bits per heavy atom. The summed E-state index contributed by atoms with van der Waals surface area (Å²) in [7, 11) is 0. The van der Waals surface area contributed by atoms with Gasteiger partial charge in [-0.25, -0.2) is 4.79 Å². The predicted molar refractivity (Wildman–Crippen MR) is 74.9 cm³/mol. The number of likely N-dealkylation sites (tertiary alicyclic amines) is 1. The number of nitrogens with zero attached hydrogens (tertiary/aromatic N) is 2. The number of amides is 2. The molecule has 0 saturated carbocycles. The molecule has 1 saturated heterocycles. The van der Waals surface area contributed by atoms with Crippen molar-refractivity contribution in [1.82, 2.24) is 4.90 Å². The number of hydrogen-bond acceptors (Lipinski definition) is 1. The van der Waals surface area contributed by atoms with Crippen molar-refractivity contribution in [3.05, 3.63) is 30.3 Å². The number of hydrogen-bond donors (Lipinski definition) is 0. The van der Waals surface area contributed by atoms with E-state index in [1.165, 1.54) is 0 Å². The molecule has 98 valence electrons. The molecule has 0 radical (unpaired) electrons. The van der Waals surface area contributed by atoms with Crippen molar-refractivity contribution >= 4 is 11.7 Å². The van der Waals surface area contributed by atoms with E-state index in [9.17, 15) is 4.79 Å². The standard InChI is InChI=1S/C15H22N2O/c1-2-3-13-17(14-9-5-4-6-10-14)15(18)16-11-7-8-12-16/h4-6,9-10H,2-3,7-8,11-13H2,1H3. The lowest BCUT2D eigenvalue weighted by Crippen LogP contribution is -2.42. The Morgan fingerprint density at radius 2 is 1.89 bits per heavy atom. The Kier molecular flexibility index (Phi) is 4.62. The van der Waals surface area contributed by atoms with Crippen molar-refractivity contribution in [1.29, 1.82) is 0 Å². The molecule has 1 aliphatic rings. The van der Waals surface area contributed by atoms with E-state index in [4.69, 9.17) is 0 Å². The maximum absolute atomic E-state index is 12.5. The zero-order valence-electron chi connectivity index (χ0n) is 11.1. The monoisotopic (exact) mass is 246 g/mol. The fourth-order valence-electron chi connectivity index (χ4n) is 2.34. The SMILES string of the molecule is CCCCN(C(=O)N1CCCC1)c1ccccc1. The first-order valence-electron chi connectivity index (χ1n) is 6.94. The van der Waals surface area contributed by atoms with Gasteiger partial charge in [0.2, 0.25) is 0 Å². The summed E-state index contributed by atoms with van der Waals surface area (Å²) in [6.07, 6.45) is 4.44. The second-order valence-corrected chi connectivity index (χ2v) is 4.82.